The van der Waals surface area contributed by atoms with E-state index in [1.807, 2.05) is 19.1 Å². The molecule has 0 spiro atoms. The van der Waals surface area contributed by atoms with Gasteiger partial charge in [-0.15, -0.1) is 11.6 Å². The molecule has 1 aromatic rings. The summed E-state index contributed by atoms with van der Waals surface area (Å²) in [7, 11) is 3.28. The fourth-order valence-corrected chi connectivity index (χ4v) is 2.37. The summed E-state index contributed by atoms with van der Waals surface area (Å²) in [6.45, 7) is 2.04. The number of alkyl halides is 1. The van der Waals surface area contributed by atoms with Gasteiger partial charge in [-0.2, -0.15) is 0 Å². The molecular weight excluding hydrogens is 303 g/mol. The Morgan fingerprint density at radius 3 is 2.59 bits per heavy atom. The lowest BCUT2D eigenvalue weighted by Crippen LogP contribution is -1.94. The summed E-state index contributed by atoms with van der Waals surface area (Å²) >= 11 is 9.17. The fraction of sp³-hybridized carbons (Fsp3) is 0.385. The molecular formula is C13H16BrClO2. The zero-order valence-electron chi connectivity index (χ0n) is 10.2. The van der Waals surface area contributed by atoms with E-state index in [4.69, 9.17) is 21.1 Å². The molecule has 0 unspecified atom stereocenters. The second-order valence-electron chi connectivity index (χ2n) is 3.53. The molecule has 2 nitrogen and oxygen atoms in total. The van der Waals surface area contributed by atoms with E-state index in [-0.39, 0.29) is 0 Å². The number of ether oxygens (including phenoxy) is 2. The smallest absolute Gasteiger partial charge is 0.144 e. The SMILES string of the molecule is COc1ccc(/C(C)=C/CCCl)c(OC)c1Br. The van der Waals surface area contributed by atoms with Crippen molar-refractivity contribution in [3.8, 4) is 11.5 Å². The van der Waals surface area contributed by atoms with Crippen molar-refractivity contribution in [2.24, 2.45) is 0 Å². The maximum Gasteiger partial charge on any atom is 0.144 e. The van der Waals surface area contributed by atoms with Gasteiger partial charge >= 0.3 is 0 Å². The number of allylic oxidation sites excluding steroid dienone is 2. The van der Waals surface area contributed by atoms with E-state index in [0.717, 1.165) is 33.5 Å². The molecule has 0 aliphatic rings. The maximum atomic E-state index is 5.68. The largest absolute Gasteiger partial charge is 0.495 e. The quantitative estimate of drug-likeness (QED) is 0.744. The van der Waals surface area contributed by atoms with E-state index in [2.05, 4.69) is 22.0 Å². The Bertz CT molecular complexity index is 416. The summed E-state index contributed by atoms with van der Waals surface area (Å²) in [5.74, 6) is 2.17. The van der Waals surface area contributed by atoms with Gasteiger partial charge in [-0.1, -0.05) is 6.08 Å². The van der Waals surface area contributed by atoms with Crippen LogP contribution in [0.25, 0.3) is 5.57 Å². The molecule has 94 valence electrons. The third-order valence-electron chi connectivity index (χ3n) is 2.47. The minimum atomic E-state index is 0.622. The van der Waals surface area contributed by atoms with Crippen molar-refractivity contribution in [1.29, 1.82) is 0 Å². The van der Waals surface area contributed by atoms with Crippen molar-refractivity contribution in [1.82, 2.24) is 0 Å². The second-order valence-corrected chi connectivity index (χ2v) is 4.70. The lowest BCUT2D eigenvalue weighted by atomic mass is 10.1. The monoisotopic (exact) mass is 318 g/mol. The van der Waals surface area contributed by atoms with Gasteiger partial charge in [0.05, 0.1) is 14.2 Å². The van der Waals surface area contributed by atoms with Gasteiger partial charge in [0.2, 0.25) is 0 Å². The number of halogens is 2. The van der Waals surface area contributed by atoms with E-state index in [1.165, 1.54) is 0 Å². The Balaban J connectivity index is 3.21. The molecule has 0 N–H and O–H groups in total. The molecule has 0 radical (unpaired) electrons. The molecule has 0 saturated heterocycles. The molecule has 0 heterocycles. The van der Waals surface area contributed by atoms with E-state index >= 15 is 0 Å². The summed E-state index contributed by atoms with van der Waals surface area (Å²) in [6.07, 6.45) is 2.95. The predicted molar refractivity (Wildman–Crippen MR) is 76.2 cm³/mol. The molecule has 4 heteroatoms. The number of hydrogen-bond acceptors (Lipinski definition) is 2. The van der Waals surface area contributed by atoms with Gasteiger partial charge in [0.1, 0.15) is 16.0 Å². The Kier molecular flexibility index (Phi) is 5.86. The van der Waals surface area contributed by atoms with Crippen molar-refractivity contribution in [2.75, 3.05) is 20.1 Å². The minimum Gasteiger partial charge on any atom is -0.495 e. The molecule has 0 amide bonds. The number of benzene rings is 1. The van der Waals surface area contributed by atoms with Crippen LogP contribution in [-0.2, 0) is 0 Å². The Morgan fingerprint density at radius 2 is 2.06 bits per heavy atom. The summed E-state index contributed by atoms with van der Waals surface area (Å²) in [4.78, 5) is 0. The highest BCUT2D eigenvalue weighted by Crippen LogP contribution is 2.39. The van der Waals surface area contributed by atoms with Gasteiger partial charge in [0.25, 0.3) is 0 Å². The standard InChI is InChI=1S/C13H16BrClO2/c1-9(5-4-8-15)10-6-7-11(16-2)12(14)13(10)17-3/h5-7H,4,8H2,1-3H3/b9-5+. The number of methoxy groups -OCH3 is 2. The van der Waals surface area contributed by atoms with Crippen LogP contribution in [0.15, 0.2) is 22.7 Å². The molecule has 0 aliphatic carbocycles. The first-order valence-corrected chi connectivity index (χ1v) is 6.62. The van der Waals surface area contributed by atoms with Gasteiger partial charge in [-0.3, -0.25) is 0 Å². The summed E-state index contributed by atoms with van der Waals surface area (Å²) in [5, 5.41) is 0. The number of rotatable bonds is 5. The highest BCUT2D eigenvalue weighted by atomic mass is 79.9. The van der Waals surface area contributed by atoms with Gasteiger partial charge in [-0.25, -0.2) is 0 Å². The molecule has 0 saturated carbocycles. The van der Waals surface area contributed by atoms with Gasteiger partial charge in [0, 0.05) is 11.4 Å². The van der Waals surface area contributed by atoms with Crippen LogP contribution >= 0.6 is 27.5 Å². The molecule has 0 bridgehead atoms. The van der Waals surface area contributed by atoms with Crippen LogP contribution in [0, 0.1) is 0 Å². The molecule has 0 atom stereocenters. The summed E-state index contributed by atoms with van der Waals surface area (Å²) in [5.41, 5.74) is 2.19. The third kappa shape index (κ3) is 3.39. The van der Waals surface area contributed by atoms with Crippen LogP contribution in [0.5, 0.6) is 11.5 Å². The molecule has 0 fully saturated rings. The van der Waals surface area contributed by atoms with Crippen molar-refractivity contribution in [2.45, 2.75) is 13.3 Å². The average molecular weight is 320 g/mol. The molecule has 1 rings (SSSR count). The van der Waals surface area contributed by atoms with Crippen molar-refractivity contribution in [3.63, 3.8) is 0 Å². The molecule has 0 aliphatic heterocycles. The van der Waals surface area contributed by atoms with Crippen molar-refractivity contribution < 1.29 is 9.47 Å². The predicted octanol–water partition coefficient (Wildman–Crippen LogP) is 4.50. The van der Waals surface area contributed by atoms with Crippen LogP contribution in [0.2, 0.25) is 0 Å². The first kappa shape index (κ1) is 14.4. The van der Waals surface area contributed by atoms with Crippen LogP contribution in [0.3, 0.4) is 0 Å². The fourth-order valence-electron chi connectivity index (χ4n) is 1.59. The average Bonchev–Trinajstić information content (AvgIpc) is 2.35. The first-order valence-electron chi connectivity index (χ1n) is 5.29. The minimum absolute atomic E-state index is 0.622. The van der Waals surface area contributed by atoms with Crippen LogP contribution < -0.4 is 9.47 Å². The molecule has 1 aromatic carbocycles. The zero-order chi connectivity index (χ0) is 12.8. The first-order chi connectivity index (χ1) is 8.15. The van der Waals surface area contributed by atoms with E-state index in [9.17, 15) is 0 Å². The lowest BCUT2D eigenvalue weighted by Gasteiger charge is -2.13. The molecule has 0 aromatic heterocycles. The highest BCUT2D eigenvalue weighted by molar-refractivity contribution is 9.10. The second kappa shape index (κ2) is 6.92. The normalized spacial score (nSPS) is 11.5. The van der Waals surface area contributed by atoms with Crippen molar-refractivity contribution in [3.05, 3.63) is 28.2 Å². The zero-order valence-corrected chi connectivity index (χ0v) is 12.6. The maximum absolute atomic E-state index is 5.68. The topological polar surface area (TPSA) is 18.5 Å². The van der Waals surface area contributed by atoms with Crippen molar-refractivity contribution >= 4 is 33.1 Å². The Morgan fingerprint density at radius 1 is 1.35 bits per heavy atom. The third-order valence-corrected chi connectivity index (χ3v) is 3.44. The van der Waals surface area contributed by atoms with Crippen LogP contribution in [-0.4, -0.2) is 20.1 Å². The Hall–Kier alpha value is -0.670. The van der Waals surface area contributed by atoms with E-state index in [1.54, 1.807) is 14.2 Å². The van der Waals surface area contributed by atoms with Crippen LogP contribution in [0.1, 0.15) is 18.9 Å². The number of hydrogen-bond donors (Lipinski definition) is 0. The van der Waals surface area contributed by atoms with Gasteiger partial charge < -0.3 is 9.47 Å². The Labute approximate surface area is 116 Å². The summed E-state index contributed by atoms with van der Waals surface area (Å²) in [6, 6.07) is 3.91. The van der Waals surface area contributed by atoms with Gasteiger partial charge in [0.15, 0.2) is 0 Å². The van der Waals surface area contributed by atoms with Gasteiger partial charge in [-0.05, 0) is 47.0 Å². The van der Waals surface area contributed by atoms with E-state index in [0.29, 0.717) is 5.88 Å². The highest BCUT2D eigenvalue weighted by Gasteiger charge is 2.13. The summed E-state index contributed by atoms with van der Waals surface area (Å²) < 4.78 is 11.5. The van der Waals surface area contributed by atoms with Crippen LogP contribution in [0.4, 0.5) is 0 Å². The molecule has 17 heavy (non-hydrogen) atoms. The van der Waals surface area contributed by atoms with E-state index < -0.39 is 0 Å². The lowest BCUT2D eigenvalue weighted by molar-refractivity contribution is 0.388.